The van der Waals surface area contributed by atoms with Crippen LogP contribution in [0.25, 0.3) is 0 Å². The van der Waals surface area contributed by atoms with E-state index >= 15 is 0 Å². The number of carbonyl (C=O) groups excluding carboxylic acids is 3. The third-order valence-electron chi connectivity index (χ3n) is 4.97. The molecule has 2 heterocycles. The third-order valence-corrected chi connectivity index (χ3v) is 5.83. The molecule has 2 aromatic carbocycles. The second-order valence-corrected chi connectivity index (χ2v) is 8.87. The van der Waals surface area contributed by atoms with Crippen molar-refractivity contribution >= 4 is 34.2 Å². The Balaban J connectivity index is 1.46. The summed E-state index contributed by atoms with van der Waals surface area (Å²) in [5, 5.41) is 12.1. The van der Waals surface area contributed by atoms with Gasteiger partial charge in [-0.2, -0.15) is 0 Å². The SMILES string of the molecule is CC(C)Cc1nnc(NC(=O)c2ccc3c(c2)C(=O)N(CCc2ccccc2)C3=O)s1. The summed E-state index contributed by atoms with van der Waals surface area (Å²) in [4.78, 5) is 39.4. The lowest BCUT2D eigenvalue weighted by atomic mass is 10.1. The lowest BCUT2D eigenvalue weighted by Crippen LogP contribution is -2.31. The van der Waals surface area contributed by atoms with E-state index in [1.807, 2.05) is 30.3 Å². The van der Waals surface area contributed by atoms with Crippen LogP contribution >= 0.6 is 11.3 Å². The number of carbonyl (C=O) groups is 3. The Morgan fingerprint density at radius 2 is 1.77 bits per heavy atom. The highest BCUT2D eigenvalue weighted by Crippen LogP contribution is 2.25. The summed E-state index contributed by atoms with van der Waals surface area (Å²) in [7, 11) is 0. The largest absolute Gasteiger partial charge is 0.296 e. The van der Waals surface area contributed by atoms with Crippen LogP contribution in [-0.4, -0.2) is 39.4 Å². The van der Waals surface area contributed by atoms with E-state index in [9.17, 15) is 14.4 Å². The predicted octanol–water partition coefficient (Wildman–Crippen LogP) is 3.83. The normalized spacial score (nSPS) is 13.1. The van der Waals surface area contributed by atoms with Crippen molar-refractivity contribution in [2.75, 3.05) is 11.9 Å². The molecule has 3 amide bonds. The van der Waals surface area contributed by atoms with Gasteiger partial charge in [0.05, 0.1) is 11.1 Å². The molecule has 1 aliphatic rings. The van der Waals surface area contributed by atoms with Crippen LogP contribution in [0.2, 0.25) is 0 Å². The molecular weight excluding hydrogens is 412 g/mol. The molecular formula is C23H22N4O3S. The minimum atomic E-state index is -0.391. The van der Waals surface area contributed by atoms with Gasteiger partial charge in [-0.1, -0.05) is 55.5 Å². The highest BCUT2D eigenvalue weighted by atomic mass is 32.1. The van der Waals surface area contributed by atoms with Crippen molar-refractivity contribution < 1.29 is 14.4 Å². The van der Waals surface area contributed by atoms with Crippen molar-refractivity contribution in [1.29, 1.82) is 0 Å². The zero-order valence-electron chi connectivity index (χ0n) is 17.3. The predicted molar refractivity (Wildman–Crippen MR) is 118 cm³/mol. The number of hydrogen-bond donors (Lipinski definition) is 1. The summed E-state index contributed by atoms with van der Waals surface area (Å²) >= 11 is 1.33. The van der Waals surface area contributed by atoms with Crippen LogP contribution in [0.5, 0.6) is 0 Å². The molecule has 4 rings (SSSR count). The van der Waals surface area contributed by atoms with Crippen LogP contribution in [0.4, 0.5) is 5.13 Å². The van der Waals surface area contributed by atoms with Crippen molar-refractivity contribution in [1.82, 2.24) is 15.1 Å². The Bertz CT molecular complexity index is 1140. The minimum Gasteiger partial charge on any atom is -0.296 e. The van der Waals surface area contributed by atoms with Gasteiger partial charge in [-0.15, -0.1) is 10.2 Å². The van der Waals surface area contributed by atoms with Crippen LogP contribution in [-0.2, 0) is 12.8 Å². The summed E-state index contributed by atoms with van der Waals surface area (Å²) in [5.74, 6) is -0.648. The van der Waals surface area contributed by atoms with Crippen LogP contribution < -0.4 is 5.32 Å². The van der Waals surface area contributed by atoms with Gasteiger partial charge in [-0.05, 0) is 36.1 Å². The zero-order valence-corrected chi connectivity index (χ0v) is 18.1. The van der Waals surface area contributed by atoms with Crippen LogP contribution in [0.1, 0.15) is 55.5 Å². The maximum Gasteiger partial charge on any atom is 0.261 e. The second kappa shape index (κ2) is 8.77. The average Bonchev–Trinajstić information content (AvgIpc) is 3.28. The zero-order chi connectivity index (χ0) is 22.0. The smallest absolute Gasteiger partial charge is 0.261 e. The molecule has 7 nitrogen and oxygen atoms in total. The number of hydrogen-bond acceptors (Lipinski definition) is 6. The number of fused-ring (bicyclic) bond motifs is 1. The fraction of sp³-hybridized carbons (Fsp3) is 0.261. The number of amides is 3. The Morgan fingerprint density at radius 3 is 2.52 bits per heavy atom. The molecule has 1 aliphatic heterocycles. The van der Waals surface area contributed by atoms with Crippen molar-refractivity contribution in [3.8, 4) is 0 Å². The highest BCUT2D eigenvalue weighted by molar-refractivity contribution is 7.15. The average molecular weight is 435 g/mol. The van der Waals surface area contributed by atoms with Gasteiger partial charge < -0.3 is 0 Å². The molecule has 1 aromatic heterocycles. The van der Waals surface area contributed by atoms with E-state index in [4.69, 9.17) is 0 Å². The first-order valence-electron chi connectivity index (χ1n) is 10.1. The Morgan fingerprint density at radius 1 is 1.03 bits per heavy atom. The number of benzene rings is 2. The van der Waals surface area contributed by atoms with Gasteiger partial charge in [0.1, 0.15) is 5.01 Å². The Kier molecular flexibility index (Phi) is 5.90. The van der Waals surface area contributed by atoms with Gasteiger partial charge in [0, 0.05) is 18.5 Å². The molecule has 0 saturated heterocycles. The van der Waals surface area contributed by atoms with Crippen LogP contribution in [0, 0.1) is 5.92 Å². The van der Waals surface area contributed by atoms with E-state index in [-0.39, 0.29) is 17.4 Å². The lowest BCUT2D eigenvalue weighted by molar-refractivity contribution is 0.0656. The summed E-state index contributed by atoms with van der Waals surface area (Å²) in [6.45, 7) is 4.47. The summed E-state index contributed by atoms with van der Waals surface area (Å²) < 4.78 is 0. The summed E-state index contributed by atoms with van der Waals surface area (Å²) in [6.07, 6.45) is 1.37. The molecule has 0 bridgehead atoms. The summed E-state index contributed by atoms with van der Waals surface area (Å²) in [5.41, 5.74) is 1.92. The van der Waals surface area contributed by atoms with Crippen LogP contribution in [0.15, 0.2) is 48.5 Å². The maximum atomic E-state index is 12.8. The van der Waals surface area contributed by atoms with Gasteiger partial charge in [-0.3, -0.25) is 24.6 Å². The molecule has 0 fully saturated rings. The molecule has 158 valence electrons. The first-order chi connectivity index (χ1) is 14.9. The molecule has 0 atom stereocenters. The highest BCUT2D eigenvalue weighted by Gasteiger charge is 2.35. The second-order valence-electron chi connectivity index (χ2n) is 7.81. The first kappa shape index (κ1) is 20.9. The first-order valence-corrected chi connectivity index (χ1v) is 10.9. The Hall–Kier alpha value is -3.39. The van der Waals surface area contributed by atoms with Gasteiger partial charge in [0.2, 0.25) is 5.13 Å². The fourth-order valence-electron chi connectivity index (χ4n) is 3.43. The van der Waals surface area contributed by atoms with Crippen molar-refractivity contribution in [2.45, 2.75) is 26.7 Å². The van der Waals surface area contributed by atoms with E-state index in [0.717, 1.165) is 17.0 Å². The monoisotopic (exact) mass is 434 g/mol. The molecule has 0 unspecified atom stereocenters. The van der Waals surface area contributed by atoms with Crippen molar-refractivity contribution in [3.63, 3.8) is 0 Å². The van der Waals surface area contributed by atoms with E-state index in [0.29, 0.717) is 35.1 Å². The molecule has 0 aliphatic carbocycles. The van der Waals surface area contributed by atoms with E-state index in [2.05, 4.69) is 29.4 Å². The van der Waals surface area contributed by atoms with Gasteiger partial charge >= 0.3 is 0 Å². The molecule has 0 saturated carbocycles. The third kappa shape index (κ3) is 4.54. The standard InChI is InChI=1S/C23H22N4O3S/c1-14(2)12-19-25-26-23(31-19)24-20(28)16-8-9-17-18(13-16)22(30)27(21(17)29)11-10-15-6-4-3-5-7-15/h3-9,13-14H,10-12H2,1-2H3,(H,24,26,28). The van der Waals surface area contributed by atoms with Gasteiger partial charge in [-0.25, -0.2) is 0 Å². The maximum absolute atomic E-state index is 12.8. The van der Waals surface area contributed by atoms with Gasteiger partial charge in [0.25, 0.3) is 17.7 Å². The quantitative estimate of drug-likeness (QED) is 0.571. The van der Waals surface area contributed by atoms with Crippen molar-refractivity contribution in [2.24, 2.45) is 5.92 Å². The number of rotatable bonds is 7. The Labute approximate surface area is 184 Å². The molecule has 0 spiro atoms. The lowest BCUT2D eigenvalue weighted by Gasteiger charge is -2.13. The number of nitrogens with zero attached hydrogens (tertiary/aromatic N) is 3. The van der Waals surface area contributed by atoms with Crippen molar-refractivity contribution in [3.05, 3.63) is 75.8 Å². The minimum absolute atomic E-state index is 0.253. The van der Waals surface area contributed by atoms with E-state index in [1.54, 1.807) is 6.07 Å². The van der Waals surface area contributed by atoms with E-state index < -0.39 is 5.91 Å². The van der Waals surface area contributed by atoms with Gasteiger partial charge in [0.15, 0.2) is 0 Å². The van der Waals surface area contributed by atoms with E-state index in [1.165, 1.54) is 28.4 Å². The topological polar surface area (TPSA) is 92.3 Å². The number of nitrogens with one attached hydrogen (secondary N) is 1. The molecule has 1 N–H and O–H groups in total. The molecule has 31 heavy (non-hydrogen) atoms. The number of imide groups is 1. The number of aromatic nitrogens is 2. The molecule has 8 heteroatoms. The number of anilines is 1. The molecule has 0 radical (unpaired) electrons. The molecule has 3 aromatic rings. The van der Waals surface area contributed by atoms with Crippen LogP contribution in [0.3, 0.4) is 0 Å². The fourth-order valence-corrected chi connectivity index (χ4v) is 4.37. The summed E-state index contributed by atoms with van der Waals surface area (Å²) in [6, 6.07) is 14.3.